The third-order valence-corrected chi connectivity index (χ3v) is 5.02. The van der Waals surface area contributed by atoms with Gasteiger partial charge in [0.15, 0.2) is 0 Å². The van der Waals surface area contributed by atoms with Gasteiger partial charge in [-0.15, -0.1) is 0 Å². The second-order valence-electron chi connectivity index (χ2n) is 6.99. The quantitative estimate of drug-likeness (QED) is 0.705. The molecule has 1 saturated carbocycles. The highest BCUT2D eigenvalue weighted by atomic mass is 35.5. The Morgan fingerprint density at radius 1 is 1.32 bits per heavy atom. The van der Waals surface area contributed by atoms with Crippen molar-refractivity contribution in [1.82, 2.24) is 10.2 Å². The van der Waals surface area contributed by atoms with Crippen molar-refractivity contribution in [3.05, 3.63) is 34.9 Å². The van der Waals surface area contributed by atoms with Crippen LogP contribution in [0.4, 0.5) is 0 Å². The first kappa shape index (κ1) is 19.7. The van der Waals surface area contributed by atoms with Crippen molar-refractivity contribution in [1.29, 1.82) is 0 Å². The van der Waals surface area contributed by atoms with Crippen LogP contribution >= 0.6 is 11.6 Å². The zero-order valence-corrected chi connectivity index (χ0v) is 15.6. The van der Waals surface area contributed by atoms with Crippen molar-refractivity contribution < 1.29 is 14.7 Å². The van der Waals surface area contributed by atoms with Crippen molar-refractivity contribution in [2.24, 2.45) is 5.92 Å². The first-order valence-electron chi connectivity index (χ1n) is 8.87. The number of carbonyl (C=O) groups is 2. The summed E-state index contributed by atoms with van der Waals surface area (Å²) in [5.74, 6) is -0.465. The number of rotatable bonds is 9. The number of hydrogen-bond acceptors (Lipinski definition) is 3. The lowest BCUT2D eigenvalue weighted by atomic mass is 9.85. The number of benzene rings is 1. The monoisotopic (exact) mass is 366 g/mol. The summed E-state index contributed by atoms with van der Waals surface area (Å²) >= 11 is 5.88. The van der Waals surface area contributed by atoms with E-state index in [-0.39, 0.29) is 30.5 Å². The van der Waals surface area contributed by atoms with Gasteiger partial charge in [-0.1, -0.05) is 37.6 Å². The zero-order chi connectivity index (χ0) is 18.4. The van der Waals surface area contributed by atoms with E-state index in [0.29, 0.717) is 6.42 Å². The molecule has 0 aliphatic heterocycles. The second-order valence-corrected chi connectivity index (χ2v) is 7.42. The predicted molar refractivity (Wildman–Crippen MR) is 98.8 cm³/mol. The Kier molecular flexibility index (Phi) is 7.26. The van der Waals surface area contributed by atoms with Crippen LogP contribution in [0.15, 0.2) is 24.3 Å². The predicted octanol–water partition coefficient (Wildman–Crippen LogP) is 2.96. The molecule has 0 aromatic heterocycles. The number of nitrogens with one attached hydrogen (secondary N) is 1. The molecule has 0 radical (unpaired) electrons. The molecule has 1 aliphatic rings. The first-order valence-corrected chi connectivity index (χ1v) is 9.24. The molecular formula is C19H27ClN2O3. The highest BCUT2D eigenvalue weighted by Crippen LogP contribution is 2.26. The van der Waals surface area contributed by atoms with E-state index in [2.05, 4.69) is 12.2 Å². The highest BCUT2D eigenvalue weighted by molar-refractivity contribution is 6.30. The third kappa shape index (κ3) is 6.33. The van der Waals surface area contributed by atoms with Gasteiger partial charge in [0.05, 0.1) is 6.54 Å². The topological polar surface area (TPSA) is 69.6 Å². The lowest BCUT2D eigenvalue weighted by Gasteiger charge is -2.42. The molecule has 1 atom stereocenters. The fraction of sp³-hybridized carbons (Fsp3) is 0.579. The Bertz CT molecular complexity index is 585. The molecule has 0 saturated heterocycles. The standard InChI is InChI=1S/C19H27ClN2O3/c1-3-22(12-19(24)25)17-10-16(11-17)21-18(23)9-13(2)8-14-4-6-15(20)7-5-14/h4-7,13,16-17H,3,8-12H2,1-2H3,(H,21,23)(H,24,25). The van der Waals surface area contributed by atoms with Crippen molar-refractivity contribution in [2.75, 3.05) is 13.1 Å². The summed E-state index contributed by atoms with van der Waals surface area (Å²) in [4.78, 5) is 25.0. The number of carboxylic acids is 1. The first-order chi connectivity index (χ1) is 11.9. The molecule has 0 spiro atoms. The summed E-state index contributed by atoms with van der Waals surface area (Å²) in [5.41, 5.74) is 1.18. The van der Waals surface area contributed by atoms with E-state index >= 15 is 0 Å². The van der Waals surface area contributed by atoms with Crippen LogP contribution in [0.25, 0.3) is 0 Å². The fourth-order valence-corrected chi connectivity index (χ4v) is 3.50. The van der Waals surface area contributed by atoms with Gasteiger partial charge in [-0.2, -0.15) is 0 Å². The van der Waals surface area contributed by atoms with Gasteiger partial charge in [0.1, 0.15) is 0 Å². The highest BCUT2D eigenvalue weighted by Gasteiger charge is 2.34. The normalized spacial score (nSPS) is 20.8. The maximum atomic E-state index is 12.2. The average molecular weight is 367 g/mol. The maximum absolute atomic E-state index is 12.2. The molecule has 25 heavy (non-hydrogen) atoms. The molecule has 2 rings (SSSR count). The van der Waals surface area contributed by atoms with Gasteiger partial charge in [0.25, 0.3) is 0 Å². The molecule has 0 heterocycles. The van der Waals surface area contributed by atoms with Crippen LogP contribution in [0.3, 0.4) is 0 Å². The number of aliphatic carboxylic acids is 1. The number of likely N-dealkylation sites (N-methyl/N-ethyl adjacent to an activating group) is 1. The van der Waals surface area contributed by atoms with Crippen LogP contribution in [-0.4, -0.2) is 47.1 Å². The summed E-state index contributed by atoms with van der Waals surface area (Å²) in [6, 6.07) is 8.16. The molecule has 1 aromatic rings. The number of carbonyl (C=O) groups excluding carboxylic acids is 1. The molecular weight excluding hydrogens is 340 g/mol. The molecule has 1 amide bonds. The Morgan fingerprint density at radius 2 is 1.96 bits per heavy atom. The van der Waals surface area contributed by atoms with E-state index in [1.807, 2.05) is 36.1 Å². The minimum absolute atomic E-state index is 0.0694. The summed E-state index contributed by atoms with van der Waals surface area (Å²) < 4.78 is 0. The van der Waals surface area contributed by atoms with E-state index in [0.717, 1.165) is 30.8 Å². The average Bonchev–Trinajstić information content (AvgIpc) is 2.50. The molecule has 138 valence electrons. The van der Waals surface area contributed by atoms with Gasteiger partial charge >= 0.3 is 5.97 Å². The van der Waals surface area contributed by atoms with Gasteiger partial charge in [-0.25, -0.2) is 0 Å². The SMILES string of the molecule is CCN(CC(=O)O)C1CC(NC(=O)CC(C)Cc2ccc(Cl)cc2)C1. The van der Waals surface area contributed by atoms with Gasteiger partial charge < -0.3 is 10.4 Å². The number of hydrogen-bond donors (Lipinski definition) is 2. The van der Waals surface area contributed by atoms with Crippen LogP contribution in [-0.2, 0) is 16.0 Å². The van der Waals surface area contributed by atoms with Crippen molar-refractivity contribution >= 4 is 23.5 Å². The van der Waals surface area contributed by atoms with E-state index < -0.39 is 5.97 Å². The summed E-state index contributed by atoms with van der Waals surface area (Å²) in [6.45, 7) is 4.83. The van der Waals surface area contributed by atoms with Gasteiger partial charge in [0.2, 0.25) is 5.91 Å². The molecule has 6 heteroatoms. The summed E-state index contributed by atoms with van der Waals surface area (Å²) in [6.07, 6.45) is 3.01. The Balaban J connectivity index is 1.69. The van der Waals surface area contributed by atoms with Gasteiger partial charge in [0, 0.05) is 23.5 Å². The lowest BCUT2D eigenvalue weighted by molar-refractivity contribution is -0.139. The number of amides is 1. The third-order valence-electron chi connectivity index (χ3n) is 4.77. The van der Waals surface area contributed by atoms with Crippen LogP contribution in [0.1, 0.15) is 38.7 Å². The summed E-state index contributed by atoms with van der Waals surface area (Å²) in [5, 5.41) is 12.7. The maximum Gasteiger partial charge on any atom is 0.317 e. The molecule has 1 aromatic carbocycles. The number of halogens is 1. The lowest BCUT2D eigenvalue weighted by Crippen LogP contribution is -2.54. The minimum atomic E-state index is -0.801. The van der Waals surface area contributed by atoms with Crippen molar-refractivity contribution in [3.8, 4) is 0 Å². The van der Waals surface area contributed by atoms with Gasteiger partial charge in [-0.05, 0) is 49.4 Å². The number of carboxylic acid groups (broad SMARTS) is 1. The molecule has 1 aliphatic carbocycles. The molecule has 5 nitrogen and oxygen atoms in total. The molecule has 0 bridgehead atoms. The minimum Gasteiger partial charge on any atom is -0.480 e. The van der Waals surface area contributed by atoms with Gasteiger partial charge in [-0.3, -0.25) is 14.5 Å². The van der Waals surface area contributed by atoms with Crippen molar-refractivity contribution in [2.45, 2.75) is 51.6 Å². The van der Waals surface area contributed by atoms with E-state index in [4.69, 9.17) is 16.7 Å². The van der Waals surface area contributed by atoms with Crippen LogP contribution in [0.2, 0.25) is 5.02 Å². The van der Waals surface area contributed by atoms with E-state index in [9.17, 15) is 9.59 Å². The Hall–Kier alpha value is -1.59. The number of nitrogens with zero attached hydrogens (tertiary/aromatic N) is 1. The molecule has 1 fully saturated rings. The zero-order valence-electron chi connectivity index (χ0n) is 14.9. The van der Waals surface area contributed by atoms with E-state index in [1.165, 1.54) is 5.56 Å². The smallest absolute Gasteiger partial charge is 0.317 e. The Morgan fingerprint density at radius 3 is 2.52 bits per heavy atom. The summed E-state index contributed by atoms with van der Waals surface area (Å²) in [7, 11) is 0. The van der Waals surface area contributed by atoms with Crippen LogP contribution in [0, 0.1) is 5.92 Å². The molecule has 2 N–H and O–H groups in total. The van der Waals surface area contributed by atoms with Crippen molar-refractivity contribution in [3.63, 3.8) is 0 Å². The molecule has 1 unspecified atom stereocenters. The Labute approximate surface area is 154 Å². The second kappa shape index (κ2) is 9.20. The largest absolute Gasteiger partial charge is 0.480 e. The fourth-order valence-electron chi connectivity index (χ4n) is 3.37. The van der Waals surface area contributed by atoms with Crippen LogP contribution in [0.5, 0.6) is 0 Å². The van der Waals surface area contributed by atoms with E-state index in [1.54, 1.807) is 0 Å². The van der Waals surface area contributed by atoms with Crippen LogP contribution < -0.4 is 5.32 Å².